The maximum atomic E-state index is 13.4. The summed E-state index contributed by atoms with van der Waals surface area (Å²) in [5.74, 6) is -0.704. The molecule has 1 unspecified atom stereocenters. The second kappa shape index (κ2) is 8.06. The van der Waals surface area contributed by atoms with Crippen molar-refractivity contribution in [2.45, 2.75) is 25.4 Å². The fourth-order valence-corrected chi connectivity index (χ4v) is 4.68. The highest BCUT2D eigenvalue weighted by Crippen LogP contribution is 2.38. The Bertz CT molecular complexity index is 1090. The predicted molar refractivity (Wildman–Crippen MR) is 110 cm³/mol. The minimum Gasteiger partial charge on any atom is -0.347 e. The number of aryl methyl sites for hydroxylation is 1. The van der Waals surface area contributed by atoms with Gasteiger partial charge in [0.15, 0.2) is 5.78 Å². The first-order chi connectivity index (χ1) is 14.0. The van der Waals surface area contributed by atoms with Crippen molar-refractivity contribution >= 4 is 34.6 Å². The monoisotopic (exact) mass is 432 g/mol. The molecular formula is C20H18ClFN4O2S. The predicted octanol–water partition coefficient (Wildman–Crippen LogP) is 3.29. The maximum Gasteiger partial charge on any atom is 0.261 e. The van der Waals surface area contributed by atoms with Gasteiger partial charge in [-0.1, -0.05) is 23.7 Å². The Morgan fingerprint density at radius 2 is 2.24 bits per heavy atom. The van der Waals surface area contributed by atoms with E-state index in [1.807, 2.05) is 0 Å². The van der Waals surface area contributed by atoms with Crippen molar-refractivity contribution in [1.82, 2.24) is 15.1 Å². The molecule has 1 amide bonds. The van der Waals surface area contributed by atoms with Crippen LogP contribution in [0.4, 0.5) is 4.39 Å². The molecule has 0 fully saturated rings. The Kier molecular flexibility index (Phi) is 5.49. The van der Waals surface area contributed by atoms with E-state index in [1.54, 1.807) is 22.9 Å². The van der Waals surface area contributed by atoms with Gasteiger partial charge in [-0.25, -0.2) is 4.39 Å². The number of Topliss-reactive ketones (excluding diaryl/α,β-unsaturated/α-hetero) is 1. The SMILES string of the molecule is NCC(Cc1cccc(F)c1)NC(=O)c1cc2c(s1)C(=O)CCn1ncc(Cl)c1-2. The lowest BCUT2D eigenvalue weighted by Gasteiger charge is -2.16. The van der Waals surface area contributed by atoms with Gasteiger partial charge >= 0.3 is 0 Å². The highest BCUT2D eigenvalue weighted by molar-refractivity contribution is 7.16. The molecule has 3 aromatic rings. The van der Waals surface area contributed by atoms with E-state index in [-0.39, 0.29) is 30.1 Å². The summed E-state index contributed by atoms with van der Waals surface area (Å²) in [5, 5.41) is 7.53. The first-order valence-electron chi connectivity index (χ1n) is 9.10. The number of carbonyl (C=O) groups is 2. The van der Waals surface area contributed by atoms with E-state index in [4.69, 9.17) is 17.3 Å². The third-order valence-electron chi connectivity index (χ3n) is 4.80. The fourth-order valence-electron chi connectivity index (χ4n) is 3.40. The van der Waals surface area contributed by atoms with Crippen molar-refractivity contribution < 1.29 is 14.0 Å². The Labute approximate surface area is 175 Å². The van der Waals surface area contributed by atoms with Gasteiger partial charge in [0.1, 0.15) is 5.82 Å². The number of halogens is 2. The number of benzene rings is 1. The van der Waals surface area contributed by atoms with E-state index in [1.165, 1.54) is 18.3 Å². The van der Waals surface area contributed by atoms with Crippen LogP contribution >= 0.6 is 22.9 Å². The maximum absolute atomic E-state index is 13.4. The van der Waals surface area contributed by atoms with E-state index in [0.717, 1.165) is 16.9 Å². The number of hydrogen-bond donors (Lipinski definition) is 2. The van der Waals surface area contributed by atoms with Gasteiger partial charge < -0.3 is 11.1 Å². The summed E-state index contributed by atoms with van der Waals surface area (Å²) in [5.41, 5.74) is 7.83. The number of rotatable bonds is 5. The molecule has 3 heterocycles. The van der Waals surface area contributed by atoms with Crippen LogP contribution in [0.3, 0.4) is 0 Å². The number of fused-ring (bicyclic) bond motifs is 3. The Morgan fingerprint density at radius 3 is 3.00 bits per heavy atom. The zero-order valence-corrected chi connectivity index (χ0v) is 16.9. The Hall–Kier alpha value is -2.55. The van der Waals surface area contributed by atoms with Crippen molar-refractivity contribution in [3.63, 3.8) is 0 Å². The molecule has 0 spiro atoms. The third-order valence-corrected chi connectivity index (χ3v) is 6.25. The van der Waals surface area contributed by atoms with Gasteiger partial charge in [-0.2, -0.15) is 5.10 Å². The fraction of sp³-hybridized carbons (Fsp3) is 0.250. The number of aromatic nitrogens is 2. The summed E-state index contributed by atoms with van der Waals surface area (Å²) >= 11 is 7.41. The van der Waals surface area contributed by atoms with Crippen molar-refractivity contribution in [3.05, 3.63) is 62.7 Å². The van der Waals surface area contributed by atoms with Crippen LogP contribution in [0.2, 0.25) is 5.02 Å². The lowest BCUT2D eigenvalue weighted by atomic mass is 10.1. The number of nitrogens with one attached hydrogen (secondary N) is 1. The van der Waals surface area contributed by atoms with Gasteiger partial charge in [-0.15, -0.1) is 11.3 Å². The molecule has 0 bridgehead atoms. The highest BCUT2D eigenvalue weighted by atomic mass is 35.5. The summed E-state index contributed by atoms with van der Waals surface area (Å²) in [6.45, 7) is 0.650. The van der Waals surface area contributed by atoms with Crippen molar-refractivity contribution in [2.24, 2.45) is 5.73 Å². The number of amides is 1. The van der Waals surface area contributed by atoms with Crippen LogP contribution in [0.15, 0.2) is 36.5 Å². The van der Waals surface area contributed by atoms with Crippen LogP contribution in [0, 0.1) is 5.82 Å². The molecule has 0 saturated carbocycles. The molecule has 0 saturated heterocycles. The molecular weight excluding hydrogens is 415 g/mol. The normalized spacial score (nSPS) is 14.1. The summed E-state index contributed by atoms with van der Waals surface area (Å²) < 4.78 is 15.1. The lowest BCUT2D eigenvalue weighted by Crippen LogP contribution is -2.41. The summed E-state index contributed by atoms with van der Waals surface area (Å²) in [7, 11) is 0. The molecule has 0 radical (unpaired) electrons. The molecule has 3 N–H and O–H groups in total. The first-order valence-corrected chi connectivity index (χ1v) is 10.3. The zero-order valence-electron chi connectivity index (χ0n) is 15.3. The van der Waals surface area contributed by atoms with Gasteiger partial charge in [0.25, 0.3) is 5.91 Å². The van der Waals surface area contributed by atoms with Gasteiger partial charge in [0.2, 0.25) is 0 Å². The van der Waals surface area contributed by atoms with Crippen molar-refractivity contribution in [3.8, 4) is 11.3 Å². The van der Waals surface area contributed by atoms with Crippen molar-refractivity contribution in [2.75, 3.05) is 6.54 Å². The molecule has 150 valence electrons. The van der Waals surface area contributed by atoms with Crippen molar-refractivity contribution in [1.29, 1.82) is 0 Å². The van der Waals surface area contributed by atoms with Crippen LogP contribution < -0.4 is 11.1 Å². The van der Waals surface area contributed by atoms with Gasteiger partial charge in [0.05, 0.1) is 26.7 Å². The largest absolute Gasteiger partial charge is 0.347 e. The number of nitrogens with two attached hydrogens (primary N) is 1. The quantitative estimate of drug-likeness (QED) is 0.647. The first kappa shape index (κ1) is 19.8. The molecule has 9 heteroatoms. The van der Waals surface area contributed by atoms with E-state index >= 15 is 0 Å². The van der Waals surface area contributed by atoms with Gasteiger partial charge in [0, 0.05) is 31.1 Å². The van der Waals surface area contributed by atoms with E-state index in [0.29, 0.717) is 45.4 Å². The van der Waals surface area contributed by atoms with Crippen LogP contribution in [0.5, 0.6) is 0 Å². The van der Waals surface area contributed by atoms with Crippen LogP contribution in [0.1, 0.15) is 31.3 Å². The average Bonchev–Trinajstić information content (AvgIpc) is 3.26. The van der Waals surface area contributed by atoms with Crippen LogP contribution in [-0.2, 0) is 13.0 Å². The second-order valence-electron chi connectivity index (χ2n) is 6.83. The number of carbonyl (C=O) groups excluding carboxylic acids is 2. The highest BCUT2D eigenvalue weighted by Gasteiger charge is 2.28. The second-order valence-corrected chi connectivity index (χ2v) is 8.29. The number of ketones is 1. The molecule has 4 rings (SSSR count). The topological polar surface area (TPSA) is 90.0 Å². The van der Waals surface area contributed by atoms with Gasteiger partial charge in [-0.05, 0) is 30.2 Å². The zero-order chi connectivity index (χ0) is 20.5. The van der Waals surface area contributed by atoms with Crippen LogP contribution in [-0.4, -0.2) is 34.1 Å². The standard InChI is InChI=1S/C20H18ClFN4O2S/c21-15-10-24-26-5-4-16(27)19-14(18(15)26)8-17(29-19)20(28)25-13(9-23)7-11-2-1-3-12(22)6-11/h1-3,6,8,10,13H,4-5,7,9,23H2,(H,25,28). The van der Waals surface area contributed by atoms with Gasteiger partial charge in [-0.3, -0.25) is 14.3 Å². The molecule has 0 aliphatic carbocycles. The number of thiophene rings is 1. The van der Waals surface area contributed by atoms with E-state index < -0.39 is 0 Å². The minimum atomic E-state index is -0.365. The average molecular weight is 433 g/mol. The molecule has 6 nitrogen and oxygen atoms in total. The summed E-state index contributed by atoms with van der Waals surface area (Å²) in [6, 6.07) is 7.50. The van der Waals surface area contributed by atoms with Crippen LogP contribution in [0.25, 0.3) is 11.3 Å². The molecule has 2 aromatic heterocycles. The third kappa shape index (κ3) is 3.96. The molecule has 1 aliphatic heterocycles. The van der Waals surface area contributed by atoms with E-state index in [2.05, 4.69) is 10.4 Å². The lowest BCUT2D eigenvalue weighted by molar-refractivity contribution is 0.0941. The minimum absolute atomic E-state index is 0.0410. The van der Waals surface area contributed by atoms with E-state index in [9.17, 15) is 14.0 Å². The Balaban J connectivity index is 1.58. The summed E-state index contributed by atoms with van der Waals surface area (Å²) in [4.78, 5) is 26.2. The summed E-state index contributed by atoms with van der Waals surface area (Å²) in [6.07, 6.45) is 2.24. The number of nitrogens with zero attached hydrogens (tertiary/aromatic N) is 2. The smallest absolute Gasteiger partial charge is 0.261 e. The molecule has 1 aliphatic rings. The number of hydrogen-bond acceptors (Lipinski definition) is 5. The Morgan fingerprint density at radius 1 is 1.41 bits per heavy atom. The molecule has 1 atom stereocenters. The molecule has 29 heavy (non-hydrogen) atoms. The molecule has 1 aromatic carbocycles.